The van der Waals surface area contributed by atoms with E-state index in [1.54, 1.807) is 48.2 Å². The number of methoxy groups -OCH3 is 2. The van der Waals surface area contributed by atoms with Crippen molar-refractivity contribution in [3.63, 3.8) is 0 Å². The molecule has 0 atom stereocenters. The zero-order valence-electron chi connectivity index (χ0n) is 22.3. The summed E-state index contributed by atoms with van der Waals surface area (Å²) >= 11 is 0. The van der Waals surface area contributed by atoms with Gasteiger partial charge in [-0.2, -0.15) is 0 Å². The minimum atomic E-state index is -0.611. The number of carbonyl (C=O) groups is 1. The van der Waals surface area contributed by atoms with Crippen LogP contribution in [0.4, 0.5) is 10.2 Å². The van der Waals surface area contributed by atoms with Gasteiger partial charge in [0.15, 0.2) is 11.5 Å². The second-order valence-corrected chi connectivity index (χ2v) is 9.31. The minimum Gasteiger partial charge on any atom is -0.493 e. The predicted octanol–water partition coefficient (Wildman–Crippen LogP) is 4.51. The molecule has 1 aliphatic heterocycles. The van der Waals surface area contributed by atoms with Crippen LogP contribution in [0, 0.1) is 5.82 Å². The van der Waals surface area contributed by atoms with Gasteiger partial charge in [0, 0.05) is 12.6 Å². The summed E-state index contributed by atoms with van der Waals surface area (Å²) in [5.74, 6) is 0.728. The molecule has 12 heteroatoms. The van der Waals surface area contributed by atoms with Gasteiger partial charge in [-0.3, -0.25) is 14.3 Å². The van der Waals surface area contributed by atoms with Crippen molar-refractivity contribution in [3.05, 3.63) is 88.5 Å². The lowest BCUT2D eigenvalue weighted by molar-refractivity contribution is 0.102. The molecule has 0 radical (unpaired) electrons. The van der Waals surface area contributed by atoms with Crippen LogP contribution in [0.15, 0.2) is 65.8 Å². The molecule has 5 aromatic rings. The van der Waals surface area contributed by atoms with Gasteiger partial charge in [0.2, 0.25) is 5.88 Å². The van der Waals surface area contributed by atoms with E-state index >= 15 is 0 Å². The molecular formula is C29H25FN6O5. The van der Waals surface area contributed by atoms with Crippen molar-refractivity contribution < 1.29 is 23.4 Å². The van der Waals surface area contributed by atoms with E-state index in [4.69, 9.17) is 14.2 Å². The highest BCUT2D eigenvalue weighted by atomic mass is 19.1. The number of pyridine rings is 1. The van der Waals surface area contributed by atoms with Gasteiger partial charge in [-0.05, 0) is 49.6 Å². The monoisotopic (exact) mass is 556 g/mol. The maximum absolute atomic E-state index is 14.6. The number of anilines is 1. The Balaban J connectivity index is 1.26. The Morgan fingerprint density at radius 1 is 1.00 bits per heavy atom. The first-order chi connectivity index (χ1) is 20.0. The van der Waals surface area contributed by atoms with Crippen LogP contribution in [0.2, 0.25) is 0 Å². The van der Waals surface area contributed by atoms with Crippen molar-refractivity contribution >= 4 is 22.6 Å². The number of benzene rings is 2. The van der Waals surface area contributed by atoms with E-state index in [1.165, 1.54) is 36.4 Å². The standard InChI is InChI=1S/C29H25FN6O5/c1-39-23-13-18-20(14-24(23)40-2)32-16-33-28(18)41-17-10-11-25(31-15-17)34-27(37)26-22-9-5-6-12-35(22)36(29(26)38)21-8-4-3-7-19(21)30/h3-4,7-8,10-11,13-16H,5-6,9,12H2,1-2H3,(H,31,34,37). The summed E-state index contributed by atoms with van der Waals surface area (Å²) in [4.78, 5) is 39.5. The maximum Gasteiger partial charge on any atom is 0.284 e. The third kappa shape index (κ3) is 4.73. The van der Waals surface area contributed by atoms with Crippen molar-refractivity contribution in [1.82, 2.24) is 24.3 Å². The van der Waals surface area contributed by atoms with Gasteiger partial charge >= 0.3 is 0 Å². The lowest BCUT2D eigenvalue weighted by atomic mass is 10.1. The van der Waals surface area contributed by atoms with E-state index in [0.717, 1.165) is 12.8 Å². The molecule has 0 saturated carbocycles. The SMILES string of the molecule is COc1cc2ncnc(Oc3ccc(NC(=O)c4c5n(n(-c6ccccc6F)c4=O)CCCC5)nc3)c2cc1OC. The van der Waals surface area contributed by atoms with Crippen molar-refractivity contribution in [3.8, 4) is 28.8 Å². The number of amides is 1. The second-order valence-electron chi connectivity index (χ2n) is 9.31. The smallest absolute Gasteiger partial charge is 0.284 e. The zero-order valence-corrected chi connectivity index (χ0v) is 22.3. The lowest BCUT2D eigenvalue weighted by Gasteiger charge is -2.19. The number of carbonyl (C=O) groups excluding carboxylic acids is 1. The molecule has 1 N–H and O–H groups in total. The third-order valence-electron chi connectivity index (χ3n) is 6.89. The molecule has 0 bridgehead atoms. The van der Waals surface area contributed by atoms with Crippen LogP contribution >= 0.6 is 0 Å². The predicted molar refractivity (Wildman–Crippen MR) is 148 cm³/mol. The van der Waals surface area contributed by atoms with Crippen LogP contribution in [-0.4, -0.2) is 44.4 Å². The van der Waals surface area contributed by atoms with Crippen molar-refractivity contribution in [2.24, 2.45) is 0 Å². The average molecular weight is 557 g/mol. The van der Waals surface area contributed by atoms with Gasteiger partial charge in [0.25, 0.3) is 11.5 Å². The van der Waals surface area contributed by atoms with E-state index in [2.05, 4.69) is 20.3 Å². The van der Waals surface area contributed by atoms with Gasteiger partial charge in [-0.15, -0.1) is 0 Å². The van der Waals surface area contributed by atoms with Crippen LogP contribution in [0.3, 0.4) is 0 Å². The van der Waals surface area contributed by atoms with E-state index < -0.39 is 17.3 Å². The molecule has 4 heterocycles. The fourth-order valence-corrected chi connectivity index (χ4v) is 4.97. The van der Waals surface area contributed by atoms with Crippen LogP contribution < -0.4 is 25.1 Å². The fourth-order valence-electron chi connectivity index (χ4n) is 4.97. The Bertz CT molecular complexity index is 1830. The Morgan fingerprint density at radius 3 is 2.56 bits per heavy atom. The van der Waals surface area contributed by atoms with E-state index in [-0.39, 0.29) is 22.9 Å². The number of para-hydroxylation sites is 1. The summed E-state index contributed by atoms with van der Waals surface area (Å²) in [7, 11) is 3.07. The van der Waals surface area contributed by atoms with Gasteiger partial charge in [0.05, 0.1) is 37.0 Å². The topological polar surface area (TPSA) is 122 Å². The van der Waals surface area contributed by atoms with Crippen LogP contribution in [0.25, 0.3) is 16.6 Å². The van der Waals surface area contributed by atoms with Gasteiger partial charge in [-0.25, -0.2) is 24.0 Å². The molecule has 2 aromatic carbocycles. The van der Waals surface area contributed by atoms with Crippen molar-refractivity contribution in [2.75, 3.05) is 19.5 Å². The highest BCUT2D eigenvalue weighted by Gasteiger charge is 2.28. The third-order valence-corrected chi connectivity index (χ3v) is 6.89. The molecule has 208 valence electrons. The normalized spacial score (nSPS) is 12.6. The molecule has 0 unspecified atom stereocenters. The number of hydrogen-bond acceptors (Lipinski definition) is 8. The Hall–Kier alpha value is -5.26. The van der Waals surface area contributed by atoms with Crippen molar-refractivity contribution in [2.45, 2.75) is 25.8 Å². The molecule has 0 aliphatic carbocycles. The van der Waals surface area contributed by atoms with Crippen LogP contribution in [0.5, 0.6) is 23.1 Å². The molecule has 0 spiro atoms. The Labute approximate surface area is 233 Å². The van der Waals surface area contributed by atoms with Crippen LogP contribution in [-0.2, 0) is 13.0 Å². The Kier molecular flexibility index (Phi) is 6.79. The number of halogens is 1. The van der Waals surface area contributed by atoms with Gasteiger partial charge < -0.3 is 19.5 Å². The first-order valence-electron chi connectivity index (χ1n) is 12.9. The number of fused-ring (bicyclic) bond motifs is 2. The molecule has 0 fully saturated rings. The average Bonchev–Trinajstić information content (AvgIpc) is 3.29. The van der Waals surface area contributed by atoms with E-state index in [0.29, 0.717) is 46.8 Å². The summed E-state index contributed by atoms with van der Waals surface area (Å²) in [5.41, 5.74) is 0.679. The molecule has 0 saturated heterocycles. The molecular weight excluding hydrogens is 531 g/mol. The first kappa shape index (κ1) is 26.0. The van der Waals surface area contributed by atoms with Gasteiger partial charge in [-0.1, -0.05) is 12.1 Å². The summed E-state index contributed by atoms with van der Waals surface area (Å²) in [6, 6.07) is 12.6. The van der Waals surface area contributed by atoms with Gasteiger partial charge in [0.1, 0.15) is 35.0 Å². The van der Waals surface area contributed by atoms with E-state index in [1.807, 2.05) is 0 Å². The number of nitrogens with zero attached hydrogens (tertiary/aromatic N) is 5. The summed E-state index contributed by atoms with van der Waals surface area (Å²) in [5, 5.41) is 3.30. The largest absolute Gasteiger partial charge is 0.493 e. The second kappa shape index (κ2) is 10.7. The summed E-state index contributed by atoms with van der Waals surface area (Å²) < 4.78 is 34.2. The number of hydrogen-bond donors (Lipinski definition) is 1. The quantitative estimate of drug-likeness (QED) is 0.311. The highest BCUT2D eigenvalue weighted by Crippen LogP contribution is 2.35. The molecule has 6 rings (SSSR count). The first-order valence-corrected chi connectivity index (χ1v) is 12.9. The van der Waals surface area contributed by atoms with Crippen LogP contribution in [0.1, 0.15) is 28.9 Å². The number of nitrogens with one attached hydrogen (secondary N) is 1. The molecule has 11 nitrogen and oxygen atoms in total. The van der Waals surface area contributed by atoms with E-state index in [9.17, 15) is 14.0 Å². The molecule has 3 aromatic heterocycles. The zero-order chi connectivity index (χ0) is 28.5. The fraction of sp³-hybridized carbons (Fsp3) is 0.207. The summed E-state index contributed by atoms with van der Waals surface area (Å²) in [6.45, 7) is 0.507. The molecule has 1 aliphatic rings. The van der Waals surface area contributed by atoms with Crippen molar-refractivity contribution in [1.29, 1.82) is 0 Å². The Morgan fingerprint density at radius 2 is 1.80 bits per heavy atom. The number of ether oxygens (including phenoxy) is 3. The highest BCUT2D eigenvalue weighted by molar-refractivity contribution is 6.04. The summed E-state index contributed by atoms with van der Waals surface area (Å²) in [6.07, 6.45) is 4.97. The maximum atomic E-state index is 14.6. The number of aromatic nitrogens is 5. The number of rotatable bonds is 7. The lowest BCUT2D eigenvalue weighted by Crippen LogP contribution is -2.26. The minimum absolute atomic E-state index is 0.0214. The molecule has 41 heavy (non-hydrogen) atoms. The molecule has 1 amide bonds.